The molecule has 6 aliphatic carbocycles. The monoisotopic (exact) mass is 564 g/mol. The maximum absolute atomic E-state index is 13.3. The van der Waals surface area contributed by atoms with Crippen molar-refractivity contribution in [2.24, 2.45) is 49.7 Å². The highest BCUT2D eigenvalue weighted by Crippen LogP contribution is 2.87. The van der Waals surface area contributed by atoms with Crippen molar-refractivity contribution in [3.05, 3.63) is 42.0 Å². The second-order valence-electron chi connectivity index (χ2n) is 17.3. The van der Waals surface area contributed by atoms with E-state index in [1.807, 2.05) is 11.6 Å². The number of hydrogen-bond donors (Lipinski definition) is 0. The van der Waals surface area contributed by atoms with Gasteiger partial charge in [0.15, 0.2) is 0 Å². The third-order valence-electron chi connectivity index (χ3n) is 14.9. The number of benzene rings is 1. The van der Waals surface area contributed by atoms with E-state index in [2.05, 4.69) is 54.5 Å². The molecule has 0 aromatic heterocycles. The van der Waals surface area contributed by atoms with E-state index in [-0.39, 0.29) is 27.2 Å². The molecule has 5 saturated carbocycles. The summed E-state index contributed by atoms with van der Waals surface area (Å²) in [5, 5.41) is 0. The Morgan fingerprint density at radius 2 is 1.48 bits per heavy atom. The first-order chi connectivity index (χ1) is 18.6. The molecule has 8 atom stereocenters. The van der Waals surface area contributed by atoms with Crippen LogP contribution in [0, 0.1) is 49.7 Å². The van der Waals surface area contributed by atoms with E-state index in [1.54, 1.807) is 24.3 Å². The van der Waals surface area contributed by atoms with Crippen LogP contribution in [0.3, 0.4) is 0 Å². The molecule has 0 heterocycles. The first-order valence-corrected chi connectivity index (χ1v) is 17.7. The number of rotatable bonds is 3. The Kier molecular flexibility index (Phi) is 5.59. The van der Waals surface area contributed by atoms with Crippen LogP contribution < -0.4 is 0 Å². The van der Waals surface area contributed by atoms with Gasteiger partial charge in [-0.3, -0.25) is 4.18 Å². The van der Waals surface area contributed by atoms with Gasteiger partial charge in [0.05, 0.1) is 11.0 Å². The smallest absolute Gasteiger partial charge is 0.262 e. The zero-order chi connectivity index (χ0) is 28.6. The van der Waals surface area contributed by atoms with Gasteiger partial charge in [0.1, 0.15) is 0 Å². The van der Waals surface area contributed by atoms with Crippen LogP contribution in [-0.2, 0) is 14.3 Å². The molecular formula is C36H52O3S. The molecule has 3 nitrogen and oxygen atoms in total. The van der Waals surface area contributed by atoms with Crippen LogP contribution >= 0.6 is 0 Å². The Balaban J connectivity index is 1.21. The van der Waals surface area contributed by atoms with E-state index in [0.29, 0.717) is 33.5 Å². The van der Waals surface area contributed by atoms with E-state index in [4.69, 9.17) is 4.18 Å². The van der Waals surface area contributed by atoms with Crippen molar-refractivity contribution < 1.29 is 12.6 Å². The summed E-state index contributed by atoms with van der Waals surface area (Å²) in [5.74, 6) is 1.09. The Hall–Kier alpha value is -1.13. The fourth-order valence-corrected chi connectivity index (χ4v) is 13.9. The first kappa shape index (κ1) is 27.7. The molecule has 4 heteroatoms. The van der Waals surface area contributed by atoms with Crippen LogP contribution in [-0.4, -0.2) is 14.5 Å². The van der Waals surface area contributed by atoms with Crippen molar-refractivity contribution in [3.8, 4) is 0 Å². The lowest BCUT2D eigenvalue weighted by Gasteiger charge is -2.70. The highest BCUT2D eigenvalue weighted by atomic mass is 32.2. The van der Waals surface area contributed by atoms with E-state index < -0.39 is 10.1 Å². The molecule has 0 spiro atoms. The molecule has 5 fully saturated rings. The van der Waals surface area contributed by atoms with Crippen molar-refractivity contribution in [3.63, 3.8) is 0 Å². The Morgan fingerprint density at radius 1 is 0.775 bits per heavy atom. The number of allylic oxidation sites excluding steroid dienone is 2. The highest BCUT2D eigenvalue weighted by molar-refractivity contribution is 7.86. The quantitative estimate of drug-likeness (QED) is 0.271. The Morgan fingerprint density at radius 3 is 2.20 bits per heavy atom. The Bertz CT molecular complexity index is 1360. The second kappa shape index (κ2) is 8.07. The maximum Gasteiger partial charge on any atom is 0.297 e. The van der Waals surface area contributed by atoms with E-state index in [9.17, 15) is 8.42 Å². The van der Waals surface area contributed by atoms with Gasteiger partial charge in [-0.05, 0) is 133 Å². The largest absolute Gasteiger partial charge is 0.297 e. The Labute approximate surface area is 244 Å². The van der Waals surface area contributed by atoms with Crippen LogP contribution in [0.15, 0.2) is 46.9 Å². The molecule has 8 unspecified atom stereocenters. The lowest BCUT2D eigenvalue weighted by molar-refractivity contribution is -0.195. The molecule has 1 aromatic carbocycles. The molecule has 0 saturated heterocycles. The summed E-state index contributed by atoms with van der Waals surface area (Å²) in [7, 11) is -3.78. The van der Waals surface area contributed by atoms with Crippen molar-refractivity contribution in [1.29, 1.82) is 0 Å². The topological polar surface area (TPSA) is 43.4 Å². The molecule has 220 valence electrons. The zero-order valence-electron chi connectivity index (χ0n) is 26.1. The predicted molar refractivity (Wildman–Crippen MR) is 161 cm³/mol. The fraction of sp³-hybridized carbons (Fsp3) is 0.778. The highest BCUT2D eigenvalue weighted by Gasteiger charge is 2.78. The SMILES string of the molecule is CC1(C)CCC23CCC4(C)C(=CCC5C6(C)CCC(OS(=O)(=O)c7ccccc7)C(C)(C)C6CCC54C)C2(C1)C3. The third-order valence-corrected chi connectivity index (χ3v) is 16.2. The van der Waals surface area contributed by atoms with Gasteiger partial charge in [0.2, 0.25) is 0 Å². The molecule has 1 aromatic rings. The van der Waals surface area contributed by atoms with E-state index in [0.717, 1.165) is 12.8 Å². The van der Waals surface area contributed by atoms with Crippen molar-refractivity contribution in [2.45, 2.75) is 130 Å². The minimum atomic E-state index is -3.78. The molecule has 0 aliphatic heterocycles. The molecular weight excluding hydrogens is 512 g/mol. The summed E-state index contributed by atoms with van der Waals surface area (Å²) in [6.07, 6.45) is 16.5. The fourth-order valence-electron chi connectivity index (χ4n) is 12.6. The standard InChI is InChI=1S/C36H52O3S/c1-30(2)19-21-35-22-20-34(7)28(36(35,23-30)24-35)14-13-27-32(5)17-16-29(31(3,4)26(32)15-18-33(27,34)6)39-40(37,38)25-11-9-8-10-12-25/h8-12,14,26-27,29H,13,15-24H2,1-7H3. The van der Waals surface area contributed by atoms with Crippen molar-refractivity contribution in [1.82, 2.24) is 0 Å². The minimum absolute atomic E-state index is 0.194. The second-order valence-corrected chi connectivity index (χ2v) is 18.9. The molecule has 6 aliphatic rings. The molecule has 0 bridgehead atoms. The minimum Gasteiger partial charge on any atom is -0.262 e. The molecule has 0 N–H and O–H groups in total. The van der Waals surface area contributed by atoms with Crippen LogP contribution in [0.1, 0.15) is 119 Å². The average molecular weight is 565 g/mol. The van der Waals surface area contributed by atoms with Gasteiger partial charge >= 0.3 is 0 Å². The zero-order valence-corrected chi connectivity index (χ0v) is 26.9. The molecule has 40 heavy (non-hydrogen) atoms. The van der Waals surface area contributed by atoms with Gasteiger partial charge in [-0.2, -0.15) is 8.42 Å². The lowest BCUT2D eigenvalue weighted by atomic mass is 9.34. The van der Waals surface area contributed by atoms with Gasteiger partial charge in [-0.25, -0.2) is 0 Å². The van der Waals surface area contributed by atoms with Crippen LogP contribution in [0.2, 0.25) is 0 Å². The van der Waals surface area contributed by atoms with Crippen molar-refractivity contribution in [2.75, 3.05) is 0 Å². The predicted octanol–water partition coefficient (Wildman–Crippen LogP) is 9.34. The van der Waals surface area contributed by atoms with Crippen LogP contribution in [0.25, 0.3) is 0 Å². The molecule has 0 amide bonds. The first-order valence-electron chi connectivity index (χ1n) is 16.3. The lowest BCUT2D eigenvalue weighted by Crippen LogP contribution is -2.64. The van der Waals surface area contributed by atoms with Crippen LogP contribution in [0.5, 0.6) is 0 Å². The van der Waals surface area contributed by atoms with Gasteiger partial charge in [-0.1, -0.05) is 78.3 Å². The normalized spacial score (nSPS) is 48.4. The maximum atomic E-state index is 13.3. The number of hydrogen-bond acceptors (Lipinski definition) is 3. The summed E-state index contributed by atoms with van der Waals surface area (Å²) < 4.78 is 32.6. The molecule has 0 radical (unpaired) electrons. The average Bonchev–Trinajstić information content (AvgIpc) is 3.55. The summed E-state index contributed by atoms with van der Waals surface area (Å²) in [5.41, 5.74) is 4.00. The van der Waals surface area contributed by atoms with Gasteiger partial charge in [0, 0.05) is 0 Å². The van der Waals surface area contributed by atoms with Gasteiger partial charge in [0.25, 0.3) is 10.1 Å². The van der Waals surface area contributed by atoms with Gasteiger partial charge < -0.3 is 0 Å². The summed E-state index contributed by atoms with van der Waals surface area (Å²) >= 11 is 0. The molecule has 7 rings (SSSR count). The summed E-state index contributed by atoms with van der Waals surface area (Å²) in [6, 6.07) is 8.71. The third kappa shape index (κ3) is 3.36. The van der Waals surface area contributed by atoms with Crippen molar-refractivity contribution >= 4 is 10.1 Å². The van der Waals surface area contributed by atoms with E-state index in [1.165, 1.54) is 57.8 Å². The number of fused-ring (bicyclic) bond motifs is 5. The van der Waals surface area contributed by atoms with Crippen LogP contribution in [0.4, 0.5) is 0 Å². The summed E-state index contributed by atoms with van der Waals surface area (Å²) in [6.45, 7) is 17.6. The van der Waals surface area contributed by atoms with Gasteiger partial charge in [-0.15, -0.1) is 0 Å². The summed E-state index contributed by atoms with van der Waals surface area (Å²) in [4.78, 5) is 0.270. The van der Waals surface area contributed by atoms with E-state index >= 15 is 0 Å².